The van der Waals surface area contributed by atoms with Crippen LogP contribution >= 0.6 is 0 Å². The molecule has 0 radical (unpaired) electrons. The van der Waals surface area contributed by atoms with Gasteiger partial charge in [-0.05, 0) is 23.9 Å². The number of fused-ring (bicyclic) bond motifs is 1. The van der Waals surface area contributed by atoms with Gasteiger partial charge in [0.1, 0.15) is 6.04 Å². The molecule has 2 atom stereocenters. The van der Waals surface area contributed by atoms with E-state index in [1.165, 1.54) is 10.9 Å². The molecule has 1 amide bonds. The number of carbonyl (C=O) groups is 1. The van der Waals surface area contributed by atoms with Gasteiger partial charge in [-0.3, -0.25) is 10.2 Å². The van der Waals surface area contributed by atoms with E-state index in [4.69, 9.17) is 0 Å². The molecule has 0 spiro atoms. The number of nitrogens with one attached hydrogen (secondary N) is 2. The van der Waals surface area contributed by atoms with E-state index in [1.807, 2.05) is 12.1 Å². The van der Waals surface area contributed by atoms with Crippen molar-refractivity contribution in [2.24, 2.45) is 0 Å². The lowest BCUT2D eigenvalue weighted by Crippen LogP contribution is -2.46. The van der Waals surface area contributed by atoms with E-state index in [2.05, 4.69) is 53.0 Å². The summed E-state index contributed by atoms with van der Waals surface area (Å²) in [4.78, 5) is 14.4. The van der Waals surface area contributed by atoms with Crippen molar-refractivity contribution in [2.45, 2.75) is 25.0 Å². The van der Waals surface area contributed by atoms with Gasteiger partial charge in [0.15, 0.2) is 0 Å². The molecule has 0 saturated carbocycles. The summed E-state index contributed by atoms with van der Waals surface area (Å²) >= 11 is 0. The summed E-state index contributed by atoms with van der Waals surface area (Å²) in [6.07, 6.45) is 6.35. The van der Waals surface area contributed by atoms with Gasteiger partial charge < -0.3 is 9.47 Å². The first kappa shape index (κ1) is 16.5. The van der Waals surface area contributed by atoms with Gasteiger partial charge in [-0.2, -0.15) is 0 Å². The first-order valence-corrected chi connectivity index (χ1v) is 8.28. The average Bonchev–Trinajstić information content (AvgIpc) is 3.22. The van der Waals surface area contributed by atoms with E-state index < -0.39 is 0 Å². The maximum atomic E-state index is 12.6. The number of benzene rings is 1. The minimum Gasteiger partial charge on any atom is -0.346 e. The van der Waals surface area contributed by atoms with Crippen LogP contribution in [-0.2, 0) is 11.3 Å². The number of amides is 1. The standard InChI is InChI=1S/C19H24N4O/c1-3-10-22(11-4-2)19(24)17-13-16(20-21-17)14-23-12-9-15-7-5-6-8-18(15)23/h3-9,12,16-17,20-21H,1-2,10-11,13-14H2. The number of hydrazine groups is 1. The molecule has 2 N–H and O–H groups in total. The van der Waals surface area contributed by atoms with E-state index in [0.29, 0.717) is 13.1 Å². The quantitative estimate of drug-likeness (QED) is 0.767. The third-order valence-corrected chi connectivity index (χ3v) is 4.39. The van der Waals surface area contributed by atoms with E-state index in [-0.39, 0.29) is 18.0 Å². The maximum Gasteiger partial charge on any atom is 0.241 e. The third-order valence-electron chi connectivity index (χ3n) is 4.39. The Morgan fingerprint density at radius 2 is 1.96 bits per heavy atom. The van der Waals surface area contributed by atoms with Crippen LogP contribution in [0.4, 0.5) is 0 Å². The Labute approximate surface area is 142 Å². The molecule has 0 bridgehead atoms. The number of hydrogen-bond acceptors (Lipinski definition) is 3. The molecule has 0 aliphatic carbocycles. The molecular weight excluding hydrogens is 300 g/mol. The van der Waals surface area contributed by atoms with Crippen LogP contribution in [0.2, 0.25) is 0 Å². The SMILES string of the molecule is C=CCN(CC=C)C(=O)C1CC(Cn2ccc3ccccc32)NN1. The largest absolute Gasteiger partial charge is 0.346 e. The van der Waals surface area contributed by atoms with Crippen molar-refractivity contribution in [3.8, 4) is 0 Å². The van der Waals surface area contributed by atoms with Crippen LogP contribution in [0.5, 0.6) is 0 Å². The second-order valence-electron chi connectivity index (χ2n) is 6.12. The van der Waals surface area contributed by atoms with Crippen molar-refractivity contribution < 1.29 is 4.79 Å². The van der Waals surface area contributed by atoms with Crippen molar-refractivity contribution >= 4 is 16.8 Å². The van der Waals surface area contributed by atoms with Crippen LogP contribution in [0.3, 0.4) is 0 Å². The van der Waals surface area contributed by atoms with Crippen LogP contribution in [0, 0.1) is 0 Å². The normalized spacial score (nSPS) is 20.2. The highest BCUT2D eigenvalue weighted by atomic mass is 16.2. The summed E-state index contributed by atoms with van der Waals surface area (Å²) in [6.45, 7) is 9.34. The number of nitrogens with zero attached hydrogens (tertiary/aromatic N) is 2. The number of para-hydroxylation sites is 1. The van der Waals surface area contributed by atoms with Gasteiger partial charge in [0, 0.05) is 37.4 Å². The third kappa shape index (κ3) is 3.42. The van der Waals surface area contributed by atoms with Gasteiger partial charge in [-0.15, -0.1) is 13.2 Å². The first-order chi connectivity index (χ1) is 11.7. The lowest BCUT2D eigenvalue weighted by atomic mass is 10.1. The molecule has 1 fully saturated rings. The van der Waals surface area contributed by atoms with Crippen LogP contribution in [0.25, 0.3) is 10.9 Å². The second kappa shape index (κ2) is 7.47. The Morgan fingerprint density at radius 1 is 1.21 bits per heavy atom. The number of hydrogen-bond donors (Lipinski definition) is 2. The second-order valence-corrected chi connectivity index (χ2v) is 6.12. The highest BCUT2D eigenvalue weighted by Crippen LogP contribution is 2.18. The number of rotatable bonds is 7. The van der Waals surface area contributed by atoms with Crippen LogP contribution in [0.1, 0.15) is 6.42 Å². The van der Waals surface area contributed by atoms with E-state index >= 15 is 0 Å². The van der Waals surface area contributed by atoms with Crippen molar-refractivity contribution in [1.82, 2.24) is 20.3 Å². The molecule has 1 aromatic heterocycles. The molecule has 126 valence electrons. The minimum absolute atomic E-state index is 0.0853. The zero-order valence-electron chi connectivity index (χ0n) is 13.8. The zero-order chi connectivity index (χ0) is 16.9. The van der Waals surface area contributed by atoms with Gasteiger partial charge in [0.25, 0.3) is 0 Å². The Bertz CT molecular complexity index is 726. The molecular formula is C19H24N4O. The fraction of sp³-hybridized carbons (Fsp3) is 0.316. The predicted molar refractivity (Wildman–Crippen MR) is 97.4 cm³/mol. The summed E-state index contributed by atoms with van der Waals surface area (Å²) in [6, 6.07) is 10.5. The Kier molecular flexibility index (Phi) is 5.13. The summed E-state index contributed by atoms with van der Waals surface area (Å²) in [7, 11) is 0. The molecule has 5 heteroatoms. The van der Waals surface area contributed by atoms with Crippen LogP contribution in [-0.4, -0.2) is 40.5 Å². The molecule has 3 rings (SSSR count). The predicted octanol–water partition coefficient (Wildman–Crippen LogP) is 2.08. The molecule has 1 saturated heterocycles. The molecule has 1 aromatic carbocycles. The topological polar surface area (TPSA) is 49.3 Å². The number of carbonyl (C=O) groups excluding carboxylic acids is 1. The van der Waals surface area contributed by atoms with Crippen molar-refractivity contribution in [3.63, 3.8) is 0 Å². The number of aromatic nitrogens is 1. The molecule has 24 heavy (non-hydrogen) atoms. The van der Waals surface area contributed by atoms with Gasteiger partial charge in [-0.1, -0.05) is 30.4 Å². The average molecular weight is 324 g/mol. The van der Waals surface area contributed by atoms with Gasteiger partial charge in [0.2, 0.25) is 5.91 Å². The highest BCUT2D eigenvalue weighted by Gasteiger charge is 2.31. The molecule has 2 unspecified atom stereocenters. The molecule has 1 aliphatic rings. The summed E-state index contributed by atoms with van der Waals surface area (Å²) in [5.41, 5.74) is 7.62. The lowest BCUT2D eigenvalue weighted by Gasteiger charge is -2.22. The summed E-state index contributed by atoms with van der Waals surface area (Å²) < 4.78 is 2.23. The van der Waals surface area contributed by atoms with Gasteiger partial charge in [0.05, 0.1) is 0 Å². The lowest BCUT2D eigenvalue weighted by molar-refractivity contribution is -0.132. The maximum absolute atomic E-state index is 12.6. The molecule has 2 heterocycles. The van der Waals surface area contributed by atoms with Gasteiger partial charge in [-0.25, -0.2) is 5.43 Å². The minimum atomic E-state index is -0.211. The summed E-state index contributed by atoms with van der Waals surface area (Å²) in [5, 5.41) is 1.24. The van der Waals surface area contributed by atoms with Crippen LogP contribution < -0.4 is 10.9 Å². The Balaban J connectivity index is 1.63. The highest BCUT2D eigenvalue weighted by molar-refractivity contribution is 5.82. The zero-order valence-corrected chi connectivity index (χ0v) is 13.8. The summed E-state index contributed by atoms with van der Waals surface area (Å²) in [5.74, 6) is 0.0853. The fourth-order valence-corrected chi connectivity index (χ4v) is 3.23. The van der Waals surface area contributed by atoms with Crippen molar-refractivity contribution in [3.05, 3.63) is 61.8 Å². The molecule has 1 aliphatic heterocycles. The molecule has 5 nitrogen and oxygen atoms in total. The fourth-order valence-electron chi connectivity index (χ4n) is 3.23. The Hall–Kier alpha value is -2.37. The monoisotopic (exact) mass is 324 g/mol. The van der Waals surface area contributed by atoms with E-state index in [1.54, 1.807) is 17.1 Å². The molecule has 2 aromatic rings. The van der Waals surface area contributed by atoms with Crippen LogP contribution in [0.15, 0.2) is 61.8 Å². The van der Waals surface area contributed by atoms with Crippen molar-refractivity contribution in [1.29, 1.82) is 0 Å². The smallest absolute Gasteiger partial charge is 0.241 e. The Morgan fingerprint density at radius 3 is 2.71 bits per heavy atom. The van der Waals surface area contributed by atoms with Gasteiger partial charge >= 0.3 is 0 Å². The van der Waals surface area contributed by atoms with E-state index in [9.17, 15) is 4.79 Å². The van der Waals surface area contributed by atoms with Crippen molar-refractivity contribution in [2.75, 3.05) is 13.1 Å². The first-order valence-electron chi connectivity index (χ1n) is 8.28. The van der Waals surface area contributed by atoms with E-state index in [0.717, 1.165) is 13.0 Å².